The van der Waals surface area contributed by atoms with Gasteiger partial charge in [-0.05, 0) is 50.2 Å². The van der Waals surface area contributed by atoms with E-state index in [0.29, 0.717) is 22.6 Å². The van der Waals surface area contributed by atoms with Crippen LogP contribution in [-0.2, 0) is 11.3 Å². The number of hydrogen-bond donors (Lipinski definition) is 1. The summed E-state index contributed by atoms with van der Waals surface area (Å²) in [6, 6.07) is 10.0. The number of ketones is 1. The second-order valence-corrected chi connectivity index (χ2v) is 5.46. The zero-order chi connectivity index (χ0) is 17.3. The third-order valence-corrected chi connectivity index (χ3v) is 3.68. The normalized spacial score (nSPS) is 10.8. The van der Waals surface area contributed by atoms with Crippen LogP contribution >= 0.6 is 0 Å². The van der Waals surface area contributed by atoms with Crippen molar-refractivity contribution in [1.82, 2.24) is 14.2 Å². The molecule has 0 bridgehead atoms. The molecule has 0 unspecified atom stereocenters. The molecule has 0 saturated heterocycles. The maximum absolute atomic E-state index is 12.3. The quantitative estimate of drug-likeness (QED) is 0.739. The molecule has 122 valence electrons. The largest absolute Gasteiger partial charge is 0.324 e. The number of carbonyl (C=O) groups is 2. The molecule has 1 N–H and O–H groups in total. The summed E-state index contributed by atoms with van der Waals surface area (Å²) in [5.74, 6) is 0.211. The molecule has 3 rings (SSSR count). The summed E-state index contributed by atoms with van der Waals surface area (Å²) in [6.07, 6.45) is 1.75. The van der Waals surface area contributed by atoms with Crippen molar-refractivity contribution in [3.8, 4) is 0 Å². The van der Waals surface area contributed by atoms with Gasteiger partial charge in [-0.25, -0.2) is 4.68 Å². The van der Waals surface area contributed by atoms with Gasteiger partial charge in [0.15, 0.2) is 5.78 Å². The number of fused-ring (bicyclic) bond motifs is 1. The van der Waals surface area contributed by atoms with Crippen LogP contribution in [0.2, 0.25) is 0 Å². The summed E-state index contributed by atoms with van der Waals surface area (Å²) in [5, 5.41) is 6.84. The smallest absolute Gasteiger partial charge is 0.291 e. The Hall–Kier alpha value is -3.22. The zero-order valence-corrected chi connectivity index (χ0v) is 13.3. The third-order valence-electron chi connectivity index (χ3n) is 3.68. The van der Waals surface area contributed by atoms with Crippen LogP contribution in [0.5, 0.6) is 0 Å². The highest BCUT2D eigenvalue weighted by molar-refractivity contribution is 5.95. The average Bonchev–Trinajstić information content (AvgIpc) is 3.03. The molecule has 0 radical (unpaired) electrons. The Balaban J connectivity index is 1.79. The highest BCUT2D eigenvalue weighted by Crippen LogP contribution is 2.10. The second-order valence-electron chi connectivity index (χ2n) is 5.46. The number of aryl methyl sites for hydroxylation is 1. The van der Waals surface area contributed by atoms with Crippen molar-refractivity contribution >= 4 is 22.9 Å². The molecule has 3 aromatic rings. The molecule has 0 spiro atoms. The van der Waals surface area contributed by atoms with E-state index >= 15 is 0 Å². The molecule has 0 saturated carbocycles. The molecule has 7 heteroatoms. The van der Waals surface area contributed by atoms with Gasteiger partial charge in [-0.2, -0.15) is 5.10 Å². The average molecular weight is 324 g/mol. The highest BCUT2D eigenvalue weighted by Gasteiger charge is 2.11. The van der Waals surface area contributed by atoms with Crippen molar-refractivity contribution in [2.45, 2.75) is 20.4 Å². The summed E-state index contributed by atoms with van der Waals surface area (Å²) in [4.78, 5) is 35.7. The third kappa shape index (κ3) is 2.96. The molecule has 1 amide bonds. The molecule has 24 heavy (non-hydrogen) atoms. The predicted octanol–water partition coefficient (Wildman–Crippen LogP) is 1.65. The van der Waals surface area contributed by atoms with Gasteiger partial charge in [0.1, 0.15) is 17.9 Å². The number of nitrogens with one attached hydrogen (secondary N) is 1. The van der Waals surface area contributed by atoms with E-state index in [1.54, 1.807) is 53.9 Å². The standard InChI is InChI=1S/C17H16N4O3/c1-11(22)13-5-7-14(8-6-13)18-16(23)10-21-17(24)15-4-3-9-20(15)12(2)19-21/h3-9H,10H2,1-2H3,(H,18,23). The first-order valence-electron chi connectivity index (χ1n) is 7.41. The monoisotopic (exact) mass is 324 g/mol. The Labute approximate surface area is 137 Å². The number of nitrogens with zero attached hydrogens (tertiary/aromatic N) is 3. The number of aromatic nitrogens is 3. The summed E-state index contributed by atoms with van der Waals surface area (Å²) in [5.41, 5.74) is 1.27. The van der Waals surface area contributed by atoms with Crippen LogP contribution in [0.25, 0.3) is 5.52 Å². The minimum absolute atomic E-state index is 0.0420. The lowest BCUT2D eigenvalue weighted by Gasteiger charge is -2.09. The van der Waals surface area contributed by atoms with Crippen LogP contribution in [0.4, 0.5) is 5.69 Å². The van der Waals surface area contributed by atoms with E-state index in [1.165, 1.54) is 6.92 Å². The molecule has 0 atom stereocenters. The minimum Gasteiger partial charge on any atom is -0.324 e. The van der Waals surface area contributed by atoms with Gasteiger partial charge >= 0.3 is 0 Å². The lowest BCUT2D eigenvalue weighted by Crippen LogP contribution is -2.31. The summed E-state index contributed by atoms with van der Waals surface area (Å²) >= 11 is 0. The minimum atomic E-state index is -0.365. The van der Waals surface area contributed by atoms with Gasteiger partial charge in [0, 0.05) is 17.4 Å². The van der Waals surface area contributed by atoms with Gasteiger partial charge in [0.2, 0.25) is 5.91 Å². The van der Waals surface area contributed by atoms with E-state index in [2.05, 4.69) is 10.4 Å². The fourth-order valence-corrected chi connectivity index (χ4v) is 2.47. The van der Waals surface area contributed by atoms with Crippen LogP contribution in [0.1, 0.15) is 23.1 Å². The summed E-state index contributed by atoms with van der Waals surface area (Å²) < 4.78 is 2.82. The Kier molecular flexibility index (Phi) is 3.99. The van der Waals surface area contributed by atoms with Crippen LogP contribution in [-0.4, -0.2) is 25.9 Å². The molecule has 0 aliphatic rings. The molecule has 2 heterocycles. The lowest BCUT2D eigenvalue weighted by atomic mass is 10.1. The first-order valence-corrected chi connectivity index (χ1v) is 7.41. The van der Waals surface area contributed by atoms with E-state index in [-0.39, 0.29) is 23.8 Å². The van der Waals surface area contributed by atoms with E-state index in [1.807, 2.05) is 0 Å². The first kappa shape index (κ1) is 15.7. The van der Waals surface area contributed by atoms with E-state index in [9.17, 15) is 14.4 Å². The molecule has 7 nitrogen and oxygen atoms in total. The van der Waals surface area contributed by atoms with Gasteiger partial charge in [-0.1, -0.05) is 0 Å². The number of rotatable bonds is 4. The van der Waals surface area contributed by atoms with Crippen LogP contribution < -0.4 is 10.9 Å². The first-order chi connectivity index (χ1) is 11.5. The SMILES string of the molecule is CC(=O)c1ccc(NC(=O)Cn2nc(C)n3cccc3c2=O)cc1. The van der Waals surface area contributed by atoms with Crippen LogP contribution in [0.15, 0.2) is 47.4 Å². The molecular formula is C17H16N4O3. The summed E-state index contributed by atoms with van der Waals surface area (Å²) in [6.45, 7) is 3.06. The van der Waals surface area contributed by atoms with Gasteiger partial charge in [-0.15, -0.1) is 0 Å². The number of hydrogen-bond acceptors (Lipinski definition) is 4. The maximum Gasteiger partial charge on any atom is 0.291 e. The summed E-state index contributed by atoms with van der Waals surface area (Å²) in [7, 11) is 0. The highest BCUT2D eigenvalue weighted by atomic mass is 16.2. The number of carbonyl (C=O) groups excluding carboxylic acids is 2. The van der Waals surface area contributed by atoms with Crippen LogP contribution in [0, 0.1) is 6.92 Å². The Morgan fingerprint density at radius 1 is 1.17 bits per heavy atom. The van der Waals surface area contributed by atoms with Crippen molar-refractivity contribution in [2.75, 3.05) is 5.32 Å². The van der Waals surface area contributed by atoms with Crippen molar-refractivity contribution in [3.63, 3.8) is 0 Å². The van der Waals surface area contributed by atoms with Crippen molar-refractivity contribution < 1.29 is 9.59 Å². The zero-order valence-electron chi connectivity index (χ0n) is 13.3. The fourth-order valence-electron chi connectivity index (χ4n) is 2.47. The van der Waals surface area contributed by atoms with E-state index in [0.717, 1.165) is 4.68 Å². The number of amides is 1. The Morgan fingerprint density at radius 3 is 2.54 bits per heavy atom. The molecular weight excluding hydrogens is 308 g/mol. The Bertz CT molecular complexity index is 983. The number of benzene rings is 1. The lowest BCUT2D eigenvalue weighted by molar-refractivity contribution is -0.117. The van der Waals surface area contributed by atoms with Gasteiger partial charge in [-0.3, -0.25) is 18.8 Å². The van der Waals surface area contributed by atoms with E-state index < -0.39 is 0 Å². The van der Waals surface area contributed by atoms with Crippen molar-refractivity contribution in [1.29, 1.82) is 0 Å². The fraction of sp³-hybridized carbons (Fsp3) is 0.176. The molecule has 1 aromatic carbocycles. The Morgan fingerprint density at radius 2 is 1.88 bits per heavy atom. The topological polar surface area (TPSA) is 85.5 Å². The molecule has 0 aliphatic heterocycles. The van der Waals surface area contributed by atoms with Crippen molar-refractivity contribution in [3.05, 3.63) is 64.3 Å². The maximum atomic E-state index is 12.3. The van der Waals surface area contributed by atoms with Gasteiger partial charge in [0.05, 0.1) is 0 Å². The predicted molar refractivity (Wildman–Crippen MR) is 89.3 cm³/mol. The van der Waals surface area contributed by atoms with Crippen LogP contribution in [0.3, 0.4) is 0 Å². The van der Waals surface area contributed by atoms with Gasteiger partial charge in [0.25, 0.3) is 5.56 Å². The van der Waals surface area contributed by atoms with Crippen molar-refractivity contribution in [2.24, 2.45) is 0 Å². The number of anilines is 1. The molecule has 0 aliphatic carbocycles. The van der Waals surface area contributed by atoms with E-state index in [4.69, 9.17) is 0 Å². The molecule has 2 aromatic heterocycles. The second kappa shape index (κ2) is 6.11. The van der Waals surface area contributed by atoms with Gasteiger partial charge < -0.3 is 5.32 Å². The molecule has 0 fully saturated rings. The number of Topliss-reactive ketones (excluding diaryl/α,β-unsaturated/α-hetero) is 1.